The molecule has 1 saturated heterocycles. The van der Waals surface area contributed by atoms with Gasteiger partial charge in [0.15, 0.2) is 0 Å². The highest BCUT2D eigenvalue weighted by Crippen LogP contribution is 2.28. The second-order valence-corrected chi connectivity index (χ2v) is 5.23. The van der Waals surface area contributed by atoms with Crippen LogP contribution in [0.4, 0.5) is 24.8 Å². The van der Waals surface area contributed by atoms with Crippen LogP contribution in [-0.2, 0) is 6.18 Å². The summed E-state index contributed by atoms with van der Waals surface area (Å²) in [5.41, 5.74) is 2.13. The molecule has 0 saturated carbocycles. The number of rotatable bonds is 4. The predicted octanol–water partition coefficient (Wildman–Crippen LogP) is 1.53. The number of hydrazine groups is 1. The molecule has 1 aromatic rings. The van der Waals surface area contributed by atoms with Crippen molar-refractivity contribution in [2.75, 3.05) is 37.4 Å². The monoisotopic (exact) mass is 304 g/mol. The fraction of sp³-hybridized carbons (Fsp3) is 0.667. The lowest BCUT2D eigenvalue weighted by Gasteiger charge is -2.29. The molecule has 2 heterocycles. The van der Waals surface area contributed by atoms with Gasteiger partial charge in [0.1, 0.15) is 11.6 Å². The van der Waals surface area contributed by atoms with E-state index in [2.05, 4.69) is 32.7 Å². The molecule has 0 aliphatic carbocycles. The van der Waals surface area contributed by atoms with Crippen LogP contribution in [0, 0.1) is 5.92 Å². The maximum atomic E-state index is 12.7. The molecule has 0 aromatic carbocycles. The van der Waals surface area contributed by atoms with Crippen LogP contribution >= 0.6 is 0 Å². The maximum Gasteiger partial charge on any atom is 0.451 e. The van der Waals surface area contributed by atoms with Crippen LogP contribution in [0.5, 0.6) is 0 Å². The molecule has 2 rings (SSSR count). The molecule has 0 amide bonds. The number of hydrogen-bond acceptors (Lipinski definition) is 6. The highest BCUT2D eigenvalue weighted by molar-refractivity contribution is 5.47. The molecular formula is C12H19F3N6. The molecule has 0 atom stereocenters. The van der Waals surface area contributed by atoms with Crippen LogP contribution in [0.2, 0.25) is 0 Å². The Morgan fingerprint density at radius 1 is 1.29 bits per heavy atom. The van der Waals surface area contributed by atoms with Gasteiger partial charge in [0.25, 0.3) is 0 Å². The number of nitrogens with zero attached hydrogens (tertiary/aromatic N) is 3. The highest BCUT2D eigenvalue weighted by atomic mass is 19.4. The second-order valence-electron chi connectivity index (χ2n) is 5.23. The average Bonchev–Trinajstić information content (AvgIpc) is 2.45. The van der Waals surface area contributed by atoms with Crippen LogP contribution < -0.4 is 16.6 Å². The zero-order valence-electron chi connectivity index (χ0n) is 11.7. The number of hydrogen-bond donors (Lipinski definition) is 3. The number of piperidine rings is 1. The van der Waals surface area contributed by atoms with E-state index in [9.17, 15) is 13.2 Å². The van der Waals surface area contributed by atoms with Crippen molar-refractivity contribution < 1.29 is 13.2 Å². The molecule has 1 fully saturated rings. The second kappa shape index (κ2) is 6.44. The molecule has 6 nitrogen and oxygen atoms in total. The lowest BCUT2D eigenvalue weighted by atomic mass is 9.97. The average molecular weight is 304 g/mol. The molecule has 0 spiro atoms. The SMILES string of the molecule is CN1CCC(CNc2cc(NN)nc(C(F)(F)F)n2)CC1. The molecule has 4 N–H and O–H groups in total. The largest absolute Gasteiger partial charge is 0.451 e. The number of nitrogen functional groups attached to an aromatic ring is 1. The zero-order chi connectivity index (χ0) is 15.5. The quantitative estimate of drug-likeness (QED) is 0.578. The molecule has 9 heteroatoms. The molecule has 118 valence electrons. The van der Waals surface area contributed by atoms with E-state index in [0.29, 0.717) is 12.5 Å². The van der Waals surface area contributed by atoms with Gasteiger partial charge in [-0.1, -0.05) is 0 Å². The van der Waals surface area contributed by atoms with E-state index in [1.807, 2.05) is 0 Å². The first-order valence-corrected chi connectivity index (χ1v) is 6.74. The summed E-state index contributed by atoms with van der Waals surface area (Å²) < 4.78 is 38.1. The third-order valence-corrected chi connectivity index (χ3v) is 3.54. The molecule has 1 aromatic heterocycles. The smallest absolute Gasteiger partial charge is 0.370 e. The van der Waals surface area contributed by atoms with E-state index in [4.69, 9.17) is 5.84 Å². The van der Waals surface area contributed by atoms with E-state index in [-0.39, 0.29) is 11.6 Å². The predicted molar refractivity (Wildman–Crippen MR) is 73.6 cm³/mol. The Morgan fingerprint density at radius 3 is 2.48 bits per heavy atom. The minimum atomic E-state index is -4.60. The molecule has 1 aliphatic heterocycles. The molecule has 0 bridgehead atoms. The minimum absolute atomic E-state index is 0.0665. The number of halogens is 3. The van der Waals surface area contributed by atoms with Crippen LogP contribution in [-0.4, -0.2) is 41.5 Å². The Kier molecular flexibility index (Phi) is 4.84. The van der Waals surface area contributed by atoms with E-state index < -0.39 is 12.0 Å². The molecule has 1 aliphatic rings. The third-order valence-electron chi connectivity index (χ3n) is 3.54. The lowest BCUT2D eigenvalue weighted by molar-refractivity contribution is -0.144. The van der Waals surface area contributed by atoms with Crippen LogP contribution in [0.15, 0.2) is 6.07 Å². The summed E-state index contributed by atoms with van der Waals surface area (Å²) >= 11 is 0. The van der Waals surface area contributed by atoms with Gasteiger partial charge in [-0.2, -0.15) is 13.2 Å². The van der Waals surface area contributed by atoms with Crippen molar-refractivity contribution >= 4 is 11.6 Å². The first kappa shape index (κ1) is 15.8. The van der Waals surface area contributed by atoms with E-state index in [0.717, 1.165) is 25.9 Å². The number of likely N-dealkylation sites (tertiary alicyclic amines) is 1. The summed E-state index contributed by atoms with van der Waals surface area (Å²) in [7, 11) is 2.06. The summed E-state index contributed by atoms with van der Waals surface area (Å²) in [5, 5.41) is 2.95. The Morgan fingerprint density at radius 2 is 1.90 bits per heavy atom. The topological polar surface area (TPSA) is 79.1 Å². The maximum absolute atomic E-state index is 12.7. The van der Waals surface area contributed by atoms with Gasteiger partial charge in [0, 0.05) is 12.6 Å². The van der Waals surface area contributed by atoms with E-state index >= 15 is 0 Å². The normalized spacial score (nSPS) is 17.8. The van der Waals surface area contributed by atoms with Crippen molar-refractivity contribution in [2.24, 2.45) is 11.8 Å². The van der Waals surface area contributed by atoms with Crippen LogP contribution in [0.1, 0.15) is 18.7 Å². The van der Waals surface area contributed by atoms with Crippen LogP contribution in [0.3, 0.4) is 0 Å². The zero-order valence-corrected chi connectivity index (χ0v) is 11.7. The number of aromatic nitrogens is 2. The Balaban J connectivity index is 2.02. The Labute approximate surface area is 120 Å². The van der Waals surface area contributed by atoms with Gasteiger partial charge in [-0.25, -0.2) is 15.8 Å². The minimum Gasteiger partial charge on any atom is -0.370 e. The standard InChI is InChI=1S/C12H19F3N6/c1-21-4-2-8(3-5-21)7-17-9-6-10(20-16)19-11(18-9)12(13,14)15/h6,8H,2-5,7,16H2,1H3,(H2,17,18,19,20). The number of nitrogens with two attached hydrogens (primary N) is 1. The van der Waals surface area contributed by atoms with Crippen molar-refractivity contribution in [3.8, 4) is 0 Å². The van der Waals surface area contributed by atoms with E-state index in [1.165, 1.54) is 6.07 Å². The summed E-state index contributed by atoms with van der Waals surface area (Å²) in [6, 6.07) is 1.37. The van der Waals surface area contributed by atoms with Crippen molar-refractivity contribution in [1.82, 2.24) is 14.9 Å². The first-order chi connectivity index (χ1) is 9.88. The molecule has 0 unspecified atom stereocenters. The third kappa shape index (κ3) is 4.43. The highest BCUT2D eigenvalue weighted by Gasteiger charge is 2.35. The summed E-state index contributed by atoms with van der Waals surface area (Å²) in [4.78, 5) is 9.04. The van der Waals surface area contributed by atoms with Gasteiger partial charge in [-0.05, 0) is 38.9 Å². The van der Waals surface area contributed by atoms with E-state index in [1.54, 1.807) is 0 Å². The summed E-state index contributed by atoms with van der Waals surface area (Å²) in [6.07, 6.45) is -2.57. The summed E-state index contributed by atoms with van der Waals surface area (Å²) in [5.74, 6) is 4.43. The van der Waals surface area contributed by atoms with Gasteiger partial charge < -0.3 is 15.6 Å². The number of anilines is 2. The molecular weight excluding hydrogens is 285 g/mol. The van der Waals surface area contributed by atoms with Gasteiger partial charge >= 0.3 is 6.18 Å². The molecule has 21 heavy (non-hydrogen) atoms. The van der Waals surface area contributed by atoms with Crippen molar-refractivity contribution in [3.63, 3.8) is 0 Å². The fourth-order valence-electron chi connectivity index (χ4n) is 2.25. The first-order valence-electron chi connectivity index (χ1n) is 6.74. The van der Waals surface area contributed by atoms with Crippen molar-refractivity contribution in [2.45, 2.75) is 19.0 Å². The van der Waals surface area contributed by atoms with Gasteiger partial charge in [0.05, 0.1) is 0 Å². The van der Waals surface area contributed by atoms with Gasteiger partial charge in [-0.15, -0.1) is 0 Å². The lowest BCUT2D eigenvalue weighted by Crippen LogP contribution is -2.33. The summed E-state index contributed by atoms with van der Waals surface area (Å²) in [6.45, 7) is 2.59. The molecule has 0 radical (unpaired) electrons. The fourth-order valence-corrected chi connectivity index (χ4v) is 2.25. The van der Waals surface area contributed by atoms with Crippen molar-refractivity contribution in [3.05, 3.63) is 11.9 Å². The Bertz CT molecular complexity index is 471. The van der Waals surface area contributed by atoms with Gasteiger partial charge in [-0.3, -0.25) is 0 Å². The Hall–Kier alpha value is -1.61. The van der Waals surface area contributed by atoms with Gasteiger partial charge in [0.2, 0.25) is 5.82 Å². The van der Waals surface area contributed by atoms with Crippen LogP contribution in [0.25, 0.3) is 0 Å². The number of alkyl halides is 3. The number of nitrogens with one attached hydrogen (secondary N) is 2. The van der Waals surface area contributed by atoms with Crippen molar-refractivity contribution in [1.29, 1.82) is 0 Å².